The predicted molar refractivity (Wildman–Crippen MR) is 392 cm³/mol. The maximum atomic E-state index is 14.4. The first-order valence-corrected chi connectivity index (χ1v) is 37.4. The first-order chi connectivity index (χ1) is 50.4. The Balaban J connectivity index is 0.000000623. The number of benzene rings is 1. The fourth-order valence-electron chi connectivity index (χ4n) is 17.5. The van der Waals surface area contributed by atoms with E-state index >= 15 is 0 Å². The minimum absolute atomic E-state index is 0. The molecule has 0 saturated carbocycles. The number of allylic oxidation sites excluding steroid dienone is 6. The molecule has 109 heavy (non-hydrogen) atoms. The van der Waals surface area contributed by atoms with Crippen LogP contribution in [-0.2, 0) is 73.4 Å². The van der Waals surface area contributed by atoms with Crippen LogP contribution in [0.2, 0.25) is 0 Å². The molecular weight excluding hydrogens is 1480 g/mol. The molecule has 19 atom stereocenters. The third-order valence-corrected chi connectivity index (χ3v) is 24.7. The summed E-state index contributed by atoms with van der Waals surface area (Å²) in [4.78, 5) is 140. The fraction of sp³-hybridized carbons (Fsp3) is 0.597. The van der Waals surface area contributed by atoms with Gasteiger partial charge in [0, 0.05) is 125 Å². The number of nitrogens with one attached hydrogen (secondary N) is 2. The van der Waals surface area contributed by atoms with Crippen LogP contribution in [0.1, 0.15) is 157 Å². The summed E-state index contributed by atoms with van der Waals surface area (Å²) in [6, 6.07) is 2.78. The van der Waals surface area contributed by atoms with Gasteiger partial charge >= 0.3 is 16.8 Å². The van der Waals surface area contributed by atoms with E-state index in [2.05, 4.69) is 37.5 Å². The van der Waals surface area contributed by atoms with E-state index < -0.39 is 168 Å². The number of aliphatic hydroxyl groups excluding tert-OH is 4. The quantitative estimate of drug-likeness (QED) is 0.0296. The number of aliphatic hydroxyl groups is 4. The van der Waals surface area contributed by atoms with Crippen molar-refractivity contribution in [3.8, 4) is 0 Å². The number of carbonyl (C=O) groups excluding carboxylic acids is 7. The molecular formula is C72H101CoN18O17P+. The van der Waals surface area contributed by atoms with Crippen molar-refractivity contribution in [3.63, 3.8) is 0 Å². The number of aryl methyl sites for hydroxylation is 2. The smallest absolute Gasteiger partial charge is 0.756 e. The molecule has 20 N–H and O–H groups in total. The predicted octanol–water partition coefficient (Wildman–Crippen LogP) is 1.39. The van der Waals surface area contributed by atoms with Crippen LogP contribution in [0.5, 0.6) is 0 Å². The molecule has 35 nitrogen and oxygen atoms in total. The van der Waals surface area contributed by atoms with Gasteiger partial charge in [0.2, 0.25) is 41.4 Å². The molecule has 7 aliphatic rings. The zero-order chi connectivity index (χ0) is 79.6. The topological polar surface area (TPSA) is 582 Å². The van der Waals surface area contributed by atoms with Crippen LogP contribution < -0.4 is 55.7 Å². The van der Waals surface area contributed by atoms with E-state index in [1.165, 1.54) is 35.0 Å². The largest absolute Gasteiger partial charge is 3.00 e. The van der Waals surface area contributed by atoms with Crippen LogP contribution in [0.4, 0.5) is 5.82 Å². The van der Waals surface area contributed by atoms with Crippen LogP contribution in [0.25, 0.3) is 22.2 Å². The number of nitrogens with zero attached hydrogens (tertiary/aromatic N) is 9. The van der Waals surface area contributed by atoms with E-state index in [0.29, 0.717) is 67.6 Å². The molecule has 3 saturated heterocycles. The molecule has 1 aromatic carbocycles. The molecule has 11 rings (SSSR count). The Morgan fingerprint density at radius 1 is 0.734 bits per heavy atom. The van der Waals surface area contributed by atoms with Gasteiger partial charge in [0.25, 0.3) is 7.82 Å². The van der Waals surface area contributed by atoms with Crippen LogP contribution >= 0.6 is 7.82 Å². The third-order valence-electron chi connectivity index (χ3n) is 23.6. The number of primary amides is 6. The maximum absolute atomic E-state index is 14.4. The number of carbonyl (C=O) groups is 7. The van der Waals surface area contributed by atoms with Gasteiger partial charge in [0.05, 0.1) is 59.8 Å². The number of nitrogen functional groups attached to an aromatic ring is 1. The number of nitrogens with two attached hydrogens (primary N) is 7. The summed E-state index contributed by atoms with van der Waals surface area (Å²) in [7, 11) is -5.32. The molecule has 7 aliphatic heterocycles. The second kappa shape index (κ2) is 32.2. The Bertz CT molecular complexity index is 4520. The monoisotopic (exact) mass is 1580 g/mol. The average Bonchev–Trinajstić information content (AvgIpc) is 1.53. The van der Waals surface area contributed by atoms with Gasteiger partial charge in [-0.25, -0.2) is 19.9 Å². The van der Waals surface area contributed by atoms with Crippen molar-refractivity contribution in [2.45, 2.75) is 214 Å². The second-order valence-electron chi connectivity index (χ2n) is 31.2. The van der Waals surface area contributed by atoms with E-state index in [1.807, 2.05) is 80.5 Å². The molecule has 0 aliphatic carbocycles. The first-order valence-electron chi connectivity index (χ1n) is 35.9. The summed E-state index contributed by atoms with van der Waals surface area (Å²) < 4.78 is 38.8. The second-order valence-corrected chi connectivity index (χ2v) is 32.5. The van der Waals surface area contributed by atoms with Gasteiger partial charge in [-0.15, -0.1) is 0 Å². The van der Waals surface area contributed by atoms with Crippen LogP contribution in [0, 0.1) is 66.1 Å². The maximum Gasteiger partial charge on any atom is 3.00 e. The molecule has 8 bridgehead atoms. The number of hydrogen-bond donors (Lipinski definition) is 13. The summed E-state index contributed by atoms with van der Waals surface area (Å²) in [6.07, 6.45) is -5.50. The Morgan fingerprint density at radius 3 is 1.94 bits per heavy atom. The van der Waals surface area contributed by atoms with Gasteiger partial charge in [-0.2, -0.15) is 0 Å². The average molecular weight is 1580 g/mol. The normalized spacial score (nSPS) is 33.6. The van der Waals surface area contributed by atoms with Gasteiger partial charge < -0.3 is 106 Å². The first kappa shape index (κ1) is 84.8. The summed E-state index contributed by atoms with van der Waals surface area (Å²) in [5.74, 6) is -6.98. The summed E-state index contributed by atoms with van der Waals surface area (Å²) in [5, 5.41) is 47.9. The van der Waals surface area contributed by atoms with E-state index in [9.17, 15) is 63.4 Å². The number of rotatable bonds is 27. The SMILES string of the molecule is C/C1=C2/N[C@H]([C@H](CC(N)=O)[C@@]2(C)CCC(=O)NC[C@@H](C)OP(=O)([O-])O[C@H]2[C@@H](O)[C@@H](n3cnc4cc(C)c(C)cc43)O[C@@H]2CO)[C@]2(C)N=C(/C(C)=C3N=C(/C=C4N=C1[C@@H](CCC(N)=O)C\4(C)C)[C@@H](CCC(N)=O)[C@]\3(C)CC(N)=O)[C@@H](CCC(N)=O)[C@]2(C)CC(N)=O.[CH2-][C@H]1O[C@@H](n2cnc3c(N)ncnc32)[C@H](O)[C@@H]1O.[Co+3]. The Kier molecular flexibility index (Phi) is 25.0. The van der Waals surface area contributed by atoms with Crippen molar-refractivity contribution >= 4 is 94.3 Å². The number of imidazole rings is 2. The number of hydrogen-bond acceptors (Lipinski definition) is 26. The van der Waals surface area contributed by atoms with Gasteiger partial charge in [0.1, 0.15) is 36.3 Å². The standard InChI is InChI=1S/C62H90N13O14P.C10H12N5O3.Co/c1-29-20-39-40(21-30(29)2)75(28-70-39)57-52(84)53(41(27-76)87-57)89-90(85,86)88-31(3)26-69-49(83)18-19-59(8)37(22-46(66)80)56-62(11)61(10,25-48(68)82)36(14-17-45(65)79)51(74-62)33(5)55-60(9,24-47(67)81)34(12-15-43(63)77)38(71-55)23-42-58(6,7)35(13-16-44(64)78)50(72-42)32(4)54(59)73-56;1-4-6(16)7(17)10(18-4)15-3-14-5-8(11)12-2-13-9(5)15;/h20-21,23,28,31,34-37,41,52-53,56-57,73,76,84H,12-19,22,24-27H2,1-11H3,(H2,63,77)(H2,64,78)(H2,65,79)(H2,66,80)(H2,67,81)(H2,68,82)(H,69,83)(H,85,86);2-4,6-7,10,16-17H,1H2,(H2,11,12,13);/q;-1;+3/p-1/b42-23-,54-32-,55-33-;;/t31-,34-,35-,36-,37+,41-,52-,53-,56-,57+,59-,60+,61+,62+;4-,6-,7-,10-;/m11./s1. The van der Waals surface area contributed by atoms with Crippen LogP contribution in [0.15, 0.2) is 80.4 Å². The molecule has 3 fully saturated rings. The minimum Gasteiger partial charge on any atom is -0.756 e. The Morgan fingerprint density at radius 2 is 1.34 bits per heavy atom. The number of fused-ring (bicyclic) bond motifs is 8. The van der Waals surface area contributed by atoms with Crippen molar-refractivity contribution in [2.24, 2.45) is 94.7 Å². The van der Waals surface area contributed by atoms with Crippen molar-refractivity contribution in [1.29, 1.82) is 0 Å². The molecule has 10 heterocycles. The van der Waals surface area contributed by atoms with E-state index in [-0.39, 0.29) is 99.8 Å². The van der Waals surface area contributed by atoms with E-state index in [4.69, 9.17) is 73.6 Å². The number of aliphatic imine (C=N–C) groups is 3. The van der Waals surface area contributed by atoms with Crippen molar-refractivity contribution < 1.29 is 98.7 Å². The van der Waals surface area contributed by atoms with Gasteiger partial charge in [0.15, 0.2) is 23.9 Å². The van der Waals surface area contributed by atoms with Crippen LogP contribution in [0.3, 0.4) is 0 Å². The van der Waals surface area contributed by atoms with Gasteiger partial charge in [-0.05, 0) is 114 Å². The number of phosphoric acid groups is 1. The molecule has 0 spiro atoms. The Labute approximate surface area is 640 Å². The number of aromatic nitrogens is 6. The fourth-order valence-corrected chi connectivity index (χ4v) is 18.6. The molecule has 37 heteroatoms. The minimum atomic E-state index is -5.32. The zero-order valence-electron chi connectivity index (χ0n) is 62.9. The van der Waals surface area contributed by atoms with E-state index in [1.54, 1.807) is 6.92 Å². The van der Waals surface area contributed by atoms with Crippen LogP contribution in [-0.4, -0.2) is 175 Å². The number of ether oxygens (including phenoxy) is 2. The number of phosphoric ester groups is 1. The molecule has 0 radical (unpaired) electrons. The number of anilines is 1. The summed E-state index contributed by atoms with van der Waals surface area (Å²) in [5.41, 5.74) is 43.7. The molecule has 1 unspecified atom stereocenters. The van der Waals surface area contributed by atoms with Gasteiger partial charge in [-0.3, -0.25) is 57.7 Å². The van der Waals surface area contributed by atoms with Crippen molar-refractivity contribution in [1.82, 2.24) is 39.7 Å². The zero-order valence-corrected chi connectivity index (χ0v) is 64.8. The third kappa shape index (κ3) is 16.3. The Hall–Kier alpha value is -8.26. The van der Waals surface area contributed by atoms with E-state index in [0.717, 1.165) is 11.1 Å². The summed E-state index contributed by atoms with van der Waals surface area (Å²) >= 11 is 0. The number of amides is 7. The van der Waals surface area contributed by atoms with Crippen molar-refractivity contribution in [3.05, 3.63) is 83.5 Å². The molecule has 594 valence electrons. The molecule has 7 amide bonds. The molecule has 4 aromatic rings. The molecule has 3 aromatic heterocycles. The van der Waals surface area contributed by atoms with Crippen molar-refractivity contribution in [2.75, 3.05) is 18.9 Å². The van der Waals surface area contributed by atoms with Gasteiger partial charge in [-0.1, -0.05) is 34.6 Å². The summed E-state index contributed by atoms with van der Waals surface area (Å²) in [6.45, 7) is 22.7.